The number of hydrogen-bond donors (Lipinski definition) is 2. The Morgan fingerprint density at radius 2 is 2.04 bits per heavy atom. The van der Waals surface area contributed by atoms with Crippen molar-refractivity contribution in [3.8, 4) is 0 Å². The number of ether oxygens (including phenoxy) is 1. The van der Waals surface area contributed by atoms with Crippen molar-refractivity contribution in [3.05, 3.63) is 29.8 Å². The van der Waals surface area contributed by atoms with Gasteiger partial charge in [0, 0.05) is 46.4 Å². The van der Waals surface area contributed by atoms with Crippen molar-refractivity contribution in [3.63, 3.8) is 0 Å². The third kappa shape index (κ3) is 5.46. The molecule has 1 saturated carbocycles. The van der Waals surface area contributed by atoms with Crippen LogP contribution < -0.4 is 15.5 Å². The lowest BCUT2D eigenvalue weighted by Gasteiger charge is -2.42. The van der Waals surface area contributed by atoms with Gasteiger partial charge < -0.3 is 20.3 Å². The highest BCUT2D eigenvalue weighted by molar-refractivity contribution is 14.0. The van der Waals surface area contributed by atoms with E-state index in [1.165, 1.54) is 37.5 Å². The zero-order valence-corrected chi connectivity index (χ0v) is 19.0. The summed E-state index contributed by atoms with van der Waals surface area (Å²) in [4.78, 5) is 6.09. The second kappa shape index (κ2) is 10.6. The predicted octanol–water partition coefficient (Wildman–Crippen LogP) is 3.53. The van der Waals surface area contributed by atoms with Gasteiger partial charge in [-0.1, -0.05) is 12.5 Å². The molecule has 1 aliphatic heterocycles. The smallest absolute Gasteiger partial charge is 0.191 e. The minimum absolute atomic E-state index is 0. The molecule has 2 fully saturated rings. The first-order valence-electron chi connectivity index (χ1n) is 9.72. The molecule has 0 aromatic heterocycles. The van der Waals surface area contributed by atoms with Gasteiger partial charge in [0.25, 0.3) is 0 Å². The van der Waals surface area contributed by atoms with Crippen molar-refractivity contribution in [2.75, 3.05) is 45.3 Å². The topological polar surface area (TPSA) is 48.9 Å². The molecule has 2 N–H and O–H groups in total. The predicted molar refractivity (Wildman–Crippen MR) is 120 cm³/mol. The van der Waals surface area contributed by atoms with Crippen molar-refractivity contribution in [1.29, 1.82) is 0 Å². The third-order valence-electron chi connectivity index (χ3n) is 5.89. The van der Waals surface area contributed by atoms with Crippen LogP contribution in [0.2, 0.25) is 0 Å². The maximum atomic E-state index is 14.0. The Morgan fingerprint density at radius 1 is 1.32 bits per heavy atom. The van der Waals surface area contributed by atoms with Crippen LogP contribution in [0.1, 0.15) is 32.1 Å². The molecule has 1 unspecified atom stereocenters. The highest BCUT2D eigenvalue weighted by atomic mass is 127. The standard InChI is InChI=1S/C20H30F2N4O.HI/c1-23-19(24-14-20(8-4-9-20)10-12-27-2)25-15-7-11-26(13-15)18-16(21)5-3-6-17(18)22;/h3,5-6,15H,4,7-14H2,1-2H3,(H2,23,24,25);1H. The molecule has 1 heterocycles. The number of aliphatic imine (C=N–C) groups is 1. The highest BCUT2D eigenvalue weighted by Crippen LogP contribution is 2.43. The molecular weight excluding hydrogens is 477 g/mol. The van der Waals surface area contributed by atoms with Crippen LogP contribution in [0.15, 0.2) is 23.2 Å². The molecule has 0 bridgehead atoms. The average molecular weight is 508 g/mol. The minimum atomic E-state index is -0.511. The van der Waals surface area contributed by atoms with Crippen molar-refractivity contribution < 1.29 is 13.5 Å². The summed E-state index contributed by atoms with van der Waals surface area (Å²) >= 11 is 0. The van der Waals surface area contributed by atoms with Gasteiger partial charge >= 0.3 is 0 Å². The van der Waals surface area contributed by atoms with E-state index < -0.39 is 11.6 Å². The molecule has 28 heavy (non-hydrogen) atoms. The van der Waals surface area contributed by atoms with E-state index in [0.717, 1.165) is 32.0 Å². The zero-order valence-electron chi connectivity index (χ0n) is 16.6. The number of nitrogens with zero attached hydrogens (tertiary/aromatic N) is 2. The first-order chi connectivity index (χ1) is 13.1. The Labute approximate surface area is 183 Å². The molecule has 1 aromatic carbocycles. The molecule has 1 saturated heterocycles. The molecule has 1 atom stereocenters. The number of guanidine groups is 1. The summed E-state index contributed by atoms with van der Waals surface area (Å²) < 4.78 is 33.3. The van der Waals surface area contributed by atoms with Gasteiger partial charge in [-0.3, -0.25) is 4.99 Å². The lowest BCUT2D eigenvalue weighted by atomic mass is 9.67. The number of hydrogen-bond acceptors (Lipinski definition) is 3. The third-order valence-corrected chi connectivity index (χ3v) is 5.89. The number of benzene rings is 1. The van der Waals surface area contributed by atoms with Gasteiger partial charge in [0.05, 0.1) is 0 Å². The van der Waals surface area contributed by atoms with E-state index in [1.54, 1.807) is 19.1 Å². The van der Waals surface area contributed by atoms with Gasteiger partial charge in [-0.25, -0.2) is 8.78 Å². The van der Waals surface area contributed by atoms with Crippen LogP contribution in [-0.2, 0) is 4.74 Å². The first kappa shape index (κ1) is 23.1. The molecule has 0 spiro atoms. The van der Waals surface area contributed by atoms with E-state index >= 15 is 0 Å². The number of para-hydroxylation sites is 1. The zero-order chi connectivity index (χ0) is 19.3. The Bertz CT molecular complexity index is 649. The lowest BCUT2D eigenvalue weighted by molar-refractivity contribution is 0.0732. The SMILES string of the molecule is CN=C(NCC1(CCOC)CCC1)NC1CCN(c2c(F)cccc2F)C1.I. The Hall–Kier alpha value is -1.16. The van der Waals surface area contributed by atoms with Gasteiger partial charge in [0.1, 0.15) is 17.3 Å². The van der Waals surface area contributed by atoms with Crippen LogP contribution in [0.3, 0.4) is 0 Å². The van der Waals surface area contributed by atoms with Crippen LogP contribution in [0, 0.1) is 17.0 Å². The summed E-state index contributed by atoms with van der Waals surface area (Å²) in [7, 11) is 3.49. The number of rotatable bonds is 7. The monoisotopic (exact) mass is 508 g/mol. The fourth-order valence-electron chi connectivity index (χ4n) is 4.04. The van der Waals surface area contributed by atoms with Gasteiger partial charge in [-0.05, 0) is 43.2 Å². The molecule has 5 nitrogen and oxygen atoms in total. The van der Waals surface area contributed by atoms with Gasteiger partial charge in [0.2, 0.25) is 0 Å². The van der Waals surface area contributed by atoms with Crippen LogP contribution in [0.25, 0.3) is 0 Å². The molecule has 158 valence electrons. The Balaban J connectivity index is 0.00000280. The maximum Gasteiger partial charge on any atom is 0.191 e. The Kier molecular flexibility index (Phi) is 8.73. The van der Waals surface area contributed by atoms with E-state index in [2.05, 4.69) is 15.6 Å². The van der Waals surface area contributed by atoms with Crippen molar-refractivity contribution in [2.24, 2.45) is 10.4 Å². The number of anilines is 1. The quantitative estimate of drug-likeness (QED) is 0.336. The normalized spacial score (nSPS) is 21.1. The van der Waals surface area contributed by atoms with Gasteiger partial charge in [-0.15, -0.1) is 24.0 Å². The fraction of sp³-hybridized carbons (Fsp3) is 0.650. The lowest BCUT2D eigenvalue weighted by Crippen LogP contribution is -2.49. The molecule has 0 amide bonds. The first-order valence-corrected chi connectivity index (χ1v) is 9.72. The van der Waals surface area contributed by atoms with Crippen LogP contribution in [0.5, 0.6) is 0 Å². The number of methoxy groups -OCH3 is 1. The van der Waals surface area contributed by atoms with E-state index in [4.69, 9.17) is 4.74 Å². The van der Waals surface area contributed by atoms with Crippen LogP contribution in [0.4, 0.5) is 14.5 Å². The summed E-state index contributed by atoms with van der Waals surface area (Å²) in [5.41, 5.74) is 0.365. The summed E-state index contributed by atoms with van der Waals surface area (Å²) in [6, 6.07) is 4.10. The minimum Gasteiger partial charge on any atom is -0.385 e. The van der Waals surface area contributed by atoms with Crippen molar-refractivity contribution in [2.45, 2.75) is 38.1 Å². The molecule has 0 radical (unpaired) electrons. The largest absolute Gasteiger partial charge is 0.385 e. The highest BCUT2D eigenvalue weighted by Gasteiger charge is 2.36. The van der Waals surface area contributed by atoms with E-state index in [9.17, 15) is 8.78 Å². The van der Waals surface area contributed by atoms with E-state index in [0.29, 0.717) is 18.5 Å². The number of halogens is 3. The molecule has 1 aromatic rings. The van der Waals surface area contributed by atoms with E-state index in [-0.39, 0.29) is 35.7 Å². The molecule has 8 heteroatoms. The van der Waals surface area contributed by atoms with E-state index in [1.807, 2.05) is 0 Å². The molecule has 2 aliphatic rings. The summed E-state index contributed by atoms with van der Waals surface area (Å²) in [5, 5.41) is 6.84. The van der Waals surface area contributed by atoms with Crippen LogP contribution in [-0.4, -0.2) is 52.4 Å². The van der Waals surface area contributed by atoms with Gasteiger partial charge in [0.15, 0.2) is 5.96 Å². The maximum absolute atomic E-state index is 14.0. The second-order valence-electron chi connectivity index (χ2n) is 7.67. The summed E-state index contributed by atoms with van der Waals surface area (Å²) in [6.07, 6.45) is 5.55. The Morgan fingerprint density at radius 3 is 2.61 bits per heavy atom. The summed E-state index contributed by atoms with van der Waals surface area (Å²) in [6.45, 7) is 2.81. The van der Waals surface area contributed by atoms with Crippen molar-refractivity contribution in [1.82, 2.24) is 10.6 Å². The van der Waals surface area contributed by atoms with Gasteiger partial charge in [-0.2, -0.15) is 0 Å². The number of nitrogens with one attached hydrogen (secondary N) is 2. The summed E-state index contributed by atoms with van der Waals surface area (Å²) in [5.74, 6) is -0.272. The second-order valence-corrected chi connectivity index (χ2v) is 7.67. The fourth-order valence-corrected chi connectivity index (χ4v) is 4.04. The van der Waals surface area contributed by atoms with Crippen molar-refractivity contribution >= 4 is 35.6 Å². The molecule has 3 rings (SSSR count). The molecule has 1 aliphatic carbocycles. The average Bonchev–Trinajstić information content (AvgIpc) is 3.07. The molecular formula is C20H31F2IN4O. The van der Waals surface area contributed by atoms with Crippen LogP contribution >= 0.6 is 24.0 Å².